The van der Waals surface area contributed by atoms with Gasteiger partial charge in [-0.05, 0) is 44.2 Å². The van der Waals surface area contributed by atoms with E-state index in [1.807, 2.05) is 12.1 Å². The molecule has 0 amide bonds. The van der Waals surface area contributed by atoms with Crippen LogP contribution in [0.2, 0.25) is 0 Å². The van der Waals surface area contributed by atoms with Gasteiger partial charge in [0.05, 0.1) is 18.4 Å². The number of carbonyl (C=O) groups is 1. The lowest BCUT2D eigenvalue weighted by molar-refractivity contribution is 0.0601. The van der Waals surface area contributed by atoms with Crippen molar-refractivity contribution in [2.24, 2.45) is 0 Å². The maximum absolute atomic E-state index is 11.4. The lowest BCUT2D eigenvalue weighted by atomic mass is 10.2. The number of esters is 1. The summed E-state index contributed by atoms with van der Waals surface area (Å²) in [5.41, 5.74) is 2.52. The molecule has 2 N–H and O–H groups in total. The van der Waals surface area contributed by atoms with Crippen molar-refractivity contribution < 1.29 is 9.53 Å². The zero-order valence-electron chi connectivity index (χ0n) is 13.8. The number of methoxy groups -OCH3 is 1. The second kappa shape index (κ2) is 8.64. The summed E-state index contributed by atoms with van der Waals surface area (Å²) >= 11 is 1.58. The van der Waals surface area contributed by atoms with Gasteiger partial charge in [0.1, 0.15) is 0 Å². The van der Waals surface area contributed by atoms with Gasteiger partial charge in [-0.2, -0.15) is 0 Å². The van der Waals surface area contributed by atoms with Crippen molar-refractivity contribution in [3.8, 4) is 0 Å². The van der Waals surface area contributed by atoms with Crippen molar-refractivity contribution in [1.82, 2.24) is 10.3 Å². The lowest BCUT2D eigenvalue weighted by Crippen LogP contribution is -2.28. The number of aromatic nitrogens is 1. The Morgan fingerprint density at radius 3 is 2.74 bits per heavy atom. The Kier molecular flexibility index (Phi) is 6.55. The van der Waals surface area contributed by atoms with Gasteiger partial charge in [-0.3, -0.25) is 0 Å². The minimum absolute atomic E-state index is 0.332. The molecule has 1 unspecified atom stereocenters. The van der Waals surface area contributed by atoms with Gasteiger partial charge in [-0.15, -0.1) is 11.3 Å². The third kappa shape index (κ3) is 5.33. The summed E-state index contributed by atoms with van der Waals surface area (Å²) in [5, 5.41) is 9.66. The zero-order valence-corrected chi connectivity index (χ0v) is 14.6. The van der Waals surface area contributed by atoms with Crippen molar-refractivity contribution in [2.75, 3.05) is 19.0 Å². The van der Waals surface area contributed by atoms with Crippen molar-refractivity contribution >= 4 is 28.1 Å². The predicted octanol–water partition coefficient (Wildman–Crippen LogP) is 3.60. The van der Waals surface area contributed by atoms with Crippen LogP contribution in [-0.4, -0.2) is 30.6 Å². The fourth-order valence-electron chi connectivity index (χ4n) is 2.17. The van der Waals surface area contributed by atoms with Crippen LogP contribution in [0.1, 0.15) is 36.3 Å². The summed E-state index contributed by atoms with van der Waals surface area (Å²) in [6.45, 7) is 5.37. The summed E-state index contributed by atoms with van der Waals surface area (Å²) in [4.78, 5) is 16.0. The smallest absolute Gasteiger partial charge is 0.337 e. The van der Waals surface area contributed by atoms with E-state index in [9.17, 15) is 4.79 Å². The molecule has 0 aliphatic heterocycles. The highest BCUT2D eigenvalue weighted by molar-refractivity contribution is 7.13. The lowest BCUT2D eigenvalue weighted by Gasteiger charge is -2.10. The zero-order chi connectivity index (χ0) is 16.7. The van der Waals surface area contributed by atoms with Crippen LogP contribution in [0.3, 0.4) is 0 Å². The van der Waals surface area contributed by atoms with Crippen molar-refractivity contribution in [2.45, 2.75) is 32.7 Å². The predicted molar refractivity (Wildman–Crippen MR) is 94.6 cm³/mol. The molecule has 0 aliphatic rings. The molecule has 1 atom stereocenters. The summed E-state index contributed by atoms with van der Waals surface area (Å²) in [6.07, 6.45) is 2.05. The van der Waals surface area contributed by atoms with Crippen molar-refractivity contribution in [3.63, 3.8) is 0 Å². The highest BCUT2D eigenvalue weighted by Gasteiger charge is 2.08. The number of anilines is 2. The molecule has 1 aromatic carbocycles. The van der Waals surface area contributed by atoms with E-state index in [-0.39, 0.29) is 5.97 Å². The Hall–Kier alpha value is -1.92. The van der Waals surface area contributed by atoms with Gasteiger partial charge >= 0.3 is 5.97 Å². The van der Waals surface area contributed by atoms with Gasteiger partial charge in [0.15, 0.2) is 5.13 Å². The summed E-state index contributed by atoms with van der Waals surface area (Å²) in [7, 11) is 1.38. The molecular formula is C17H23N3O2S. The maximum Gasteiger partial charge on any atom is 0.337 e. The summed E-state index contributed by atoms with van der Waals surface area (Å²) < 4.78 is 4.69. The van der Waals surface area contributed by atoms with E-state index >= 15 is 0 Å². The second-order valence-electron chi connectivity index (χ2n) is 5.40. The largest absolute Gasteiger partial charge is 0.465 e. The van der Waals surface area contributed by atoms with E-state index < -0.39 is 0 Å². The Balaban J connectivity index is 1.92. The third-order valence-corrected chi connectivity index (χ3v) is 4.17. The van der Waals surface area contributed by atoms with E-state index in [4.69, 9.17) is 0 Å². The number of hydrogen-bond donors (Lipinski definition) is 2. The molecule has 0 aliphatic carbocycles. The van der Waals surface area contributed by atoms with E-state index in [0.717, 1.165) is 35.9 Å². The van der Waals surface area contributed by atoms with Gasteiger partial charge < -0.3 is 15.4 Å². The molecule has 0 radical (unpaired) electrons. The first kappa shape index (κ1) is 17.4. The molecule has 124 valence electrons. The average molecular weight is 333 g/mol. The molecule has 2 rings (SSSR count). The van der Waals surface area contributed by atoms with E-state index in [1.54, 1.807) is 23.5 Å². The van der Waals surface area contributed by atoms with E-state index in [1.165, 1.54) is 7.11 Å². The van der Waals surface area contributed by atoms with Gasteiger partial charge in [0, 0.05) is 23.5 Å². The number of thiazole rings is 1. The highest BCUT2D eigenvalue weighted by atomic mass is 32.1. The molecule has 6 heteroatoms. The number of nitrogens with zero attached hydrogens (tertiary/aromatic N) is 1. The van der Waals surface area contributed by atoms with Crippen LogP contribution in [0, 0.1) is 0 Å². The van der Waals surface area contributed by atoms with Crippen LogP contribution in [0.5, 0.6) is 0 Å². The van der Waals surface area contributed by atoms with Crippen LogP contribution >= 0.6 is 11.3 Å². The molecule has 0 saturated carbocycles. The van der Waals surface area contributed by atoms with Gasteiger partial charge in [-0.1, -0.05) is 6.92 Å². The number of benzene rings is 1. The summed E-state index contributed by atoms with van der Waals surface area (Å²) in [6, 6.07) is 7.58. The van der Waals surface area contributed by atoms with E-state index in [2.05, 4.69) is 39.6 Å². The van der Waals surface area contributed by atoms with Gasteiger partial charge in [-0.25, -0.2) is 9.78 Å². The molecule has 0 fully saturated rings. The summed E-state index contributed by atoms with van der Waals surface area (Å²) in [5.74, 6) is -0.332. The monoisotopic (exact) mass is 333 g/mol. The van der Waals surface area contributed by atoms with Crippen molar-refractivity contribution in [1.29, 1.82) is 0 Å². The van der Waals surface area contributed by atoms with Crippen molar-refractivity contribution in [3.05, 3.63) is 40.9 Å². The molecule has 2 aromatic rings. The third-order valence-electron chi connectivity index (χ3n) is 3.37. The topological polar surface area (TPSA) is 63.2 Å². The molecule has 5 nitrogen and oxygen atoms in total. The quantitative estimate of drug-likeness (QED) is 0.723. The normalized spacial score (nSPS) is 12.0. The van der Waals surface area contributed by atoms with Gasteiger partial charge in [0.25, 0.3) is 0 Å². The molecule has 23 heavy (non-hydrogen) atoms. The maximum atomic E-state index is 11.4. The molecule has 1 aromatic heterocycles. The van der Waals surface area contributed by atoms with Crippen LogP contribution in [0.25, 0.3) is 0 Å². The molecular weight excluding hydrogens is 310 g/mol. The van der Waals surface area contributed by atoms with E-state index in [0.29, 0.717) is 11.6 Å². The number of carbonyl (C=O) groups excluding carboxylic acids is 1. The Bertz CT molecular complexity index is 625. The molecule has 0 spiro atoms. The fourth-order valence-corrected chi connectivity index (χ4v) is 2.91. The SMILES string of the molecule is CCCNC(C)Cc1csc(Nc2ccc(C(=O)OC)cc2)n1. The second-order valence-corrected chi connectivity index (χ2v) is 6.26. The number of ether oxygens (including phenoxy) is 1. The van der Waals surface area contributed by atoms with Crippen LogP contribution in [0.15, 0.2) is 29.6 Å². The first-order chi connectivity index (χ1) is 11.1. The first-order valence-corrected chi connectivity index (χ1v) is 8.63. The Labute approximate surface area is 141 Å². The van der Waals surface area contributed by atoms with Crippen LogP contribution in [0.4, 0.5) is 10.8 Å². The van der Waals surface area contributed by atoms with Crippen LogP contribution in [-0.2, 0) is 11.2 Å². The van der Waals surface area contributed by atoms with Gasteiger partial charge in [0.2, 0.25) is 0 Å². The minimum atomic E-state index is -0.332. The standard InChI is InChI=1S/C17H23N3O2S/c1-4-9-18-12(2)10-15-11-23-17(20-15)19-14-7-5-13(6-8-14)16(21)22-3/h5-8,11-12,18H,4,9-10H2,1-3H3,(H,19,20). The minimum Gasteiger partial charge on any atom is -0.465 e. The average Bonchev–Trinajstić information content (AvgIpc) is 2.99. The first-order valence-electron chi connectivity index (χ1n) is 7.75. The molecule has 0 saturated heterocycles. The Morgan fingerprint density at radius 1 is 1.35 bits per heavy atom. The highest BCUT2D eigenvalue weighted by Crippen LogP contribution is 2.22. The molecule has 0 bridgehead atoms. The number of nitrogens with one attached hydrogen (secondary N) is 2. The number of hydrogen-bond acceptors (Lipinski definition) is 6. The molecule has 1 heterocycles. The Morgan fingerprint density at radius 2 is 2.09 bits per heavy atom. The van der Waals surface area contributed by atoms with Crippen LogP contribution < -0.4 is 10.6 Å². The fraction of sp³-hybridized carbons (Fsp3) is 0.412. The number of rotatable bonds is 8.